The van der Waals surface area contributed by atoms with Crippen molar-refractivity contribution < 1.29 is 0 Å². The zero-order valence-electron chi connectivity index (χ0n) is 24.0. The first-order valence-corrected chi connectivity index (χ1v) is 12.5. The molecule has 0 atom stereocenters. The summed E-state index contributed by atoms with van der Waals surface area (Å²) < 4.78 is 0. The van der Waals surface area contributed by atoms with E-state index < -0.39 is 0 Å². The van der Waals surface area contributed by atoms with E-state index in [1.54, 1.807) is 13.1 Å². The van der Waals surface area contributed by atoms with E-state index in [-0.39, 0.29) is 0 Å². The lowest BCUT2D eigenvalue weighted by molar-refractivity contribution is 0.505. The van der Waals surface area contributed by atoms with E-state index in [9.17, 15) is 0 Å². The molecule has 1 aliphatic rings. The highest BCUT2D eigenvalue weighted by atomic mass is 35.5. The number of hydrogen-bond donors (Lipinski definition) is 2. The fraction of sp³-hybridized carbons (Fsp3) is 0.433. The molecule has 0 unspecified atom stereocenters. The first-order chi connectivity index (χ1) is 16.9. The monoisotopic (exact) mass is 515 g/mol. The molecule has 36 heavy (non-hydrogen) atoms. The van der Waals surface area contributed by atoms with E-state index in [2.05, 4.69) is 84.8 Å². The third-order valence-corrected chi connectivity index (χ3v) is 4.89. The summed E-state index contributed by atoms with van der Waals surface area (Å²) in [5.74, 6) is 0. The fourth-order valence-corrected chi connectivity index (χ4v) is 2.88. The van der Waals surface area contributed by atoms with E-state index in [4.69, 9.17) is 11.8 Å². The summed E-state index contributed by atoms with van der Waals surface area (Å²) in [7, 11) is 10.2. The Bertz CT molecular complexity index is 852. The molecular weight excluding hydrogens is 466 g/mol. The average molecular weight is 516 g/mol. The third kappa shape index (κ3) is 19.5. The van der Waals surface area contributed by atoms with Crippen molar-refractivity contribution in [2.24, 2.45) is 4.99 Å². The van der Waals surface area contributed by atoms with Crippen molar-refractivity contribution in [3.05, 3.63) is 96.2 Å². The maximum atomic E-state index is 4.99. The number of rotatable bonds is 12. The SMILES string of the molecule is C=C(C)NCl.C=CCC1=C(N(C)C)C=C(CCNC(=C)C(=C)C/C=C(/C)N=CC)C=CC1.CN(C)C. The summed E-state index contributed by atoms with van der Waals surface area (Å²) in [5.41, 5.74) is 7.67. The smallest absolute Gasteiger partial charge is 0.0361 e. The van der Waals surface area contributed by atoms with Crippen LogP contribution < -0.4 is 10.2 Å². The number of nitrogens with one attached hydrogen (secondary N) is 2. The van der Waals surface area contributed by atoms with Gasteiger partial charge in [-0.15, -0.1) is 6.58 Å². The maximum absolute atomic E-state index is 4.99. The maximum Gasteiger partial charge on any atom is 0.0361 e. The number of nitrogens with zero attached hydrogens (tertiary/aromatic N) is 3. The molecule has 0 spiro atoms. The number of hydrogen-bond acceptors (Lipinski definition) is 5. The van der Waals surface area contributed by atoms with Crippen molar-refractivity contribution in [1.82, 2.24) is 20.0 Å². The molecule has 6 heteroatoms. The van der Waals surface area contributed by atoms with E-state index in [1.165, 1.54) is 16.8 Å². The Morgan fingerprint density at radius 3 is 2.19 bits per heavy atom. The lowest BCUT2D eigenvalue weighted by Crippen LogP contribution is -2.16. The summed E-state index contributed by atoms with van der Waals surface area (Å²) in [6.45, 7) is 22.1. The molecule has 0 aromatic rings. The Hall–Kier alpha value is -2.76. The van der Waals surface area contributed by atoms with E-state index in [1.807, 2.05) is 46.0 Å². The molecule has 0 radical (unpaired) electrons. The lowest BCUT2D eigenvalue weighted by Gasteiger charge is -2.19. The Labute approximate surface area is 227 Å². The van der Waals surface area contributed by atoms with Crippen LogP contribution in [-0.4, -0.2) is 57.8 Å². The molecule has 1 rings (SSSR count). The van der Waals surface area contributed by atoms with Gasteiger partial charge in [0.1, 0.15) is 0 Å². The van der Waals surface area contributed by atoms with Crippen LogP contribution in [0.2, 0.25) is 0 Å². The van der Waals surface area contributed by atoms with Gasteiger partial charge in [-0.25, -0.2) is 0 Å². The molecule has 5 nitrogen and oxygen atoms in total. The van der Waals surface area contributed by atoms with Crippen LogP contribution in [0.15, 0.2) is 101 Å². The molecule has 0 aliphatic heterocycles. The second-order valence-electron chi connectivity index (χ2n) is 9.11. The molecular formula is C30H50ClN5. The zero-order valence-corrected chi connectivity index (χ0v) is 24.8. The lowest BCUT2D eigenvalue weighted by atomic mass is 10.1. The predicted molar refractivity (Wildman–Crippen MR) is 164 cm³/mol. The van der Waals surface area contributed by atoms with Crippen LogP contribution >= 0.6 is 11.8 Å². The normalized spacial score (nSPS) is 13.1. The summed E-state index contributed by atoms with van der Waals surface area (Å²) >= 11 is 4.99. The number of aliphatic imine (C=N–C) groups is 1. The summed E-state index contributed by atoms with van der Waals surface area (Å²) in [4.78, 5) is 10.7. The molecule has 0 saturated carbocycles. The fourth-order valence-electron chi connectivity index (χ4n) is 2.88. The van der Waals surface area contributed by atoms with Gasteiger partial charge in [-0.2, -0.15) is 0 Å². The molecule has 1 aliphatic carbocycles. The predicted octanol–water partition coefficient (Wildman–Crippen LogP) is 7.14. The van der Waals surface area contributed by atoms with E-state index in [0.29, 0.717) is 0 Å². The van der Waals surface area contributed by atoms with Crippen molar-refractivity contribution in [3.8, 4) is 0 Å². The van der Waals surface area contributed by atoms with Gasteiger partial charge < -0.3 is 20.0 Å². The van der Waals surface area contributed by atoms with Gasteiger partial charge in [-0.1, -0.05) is 44.0 Å². The number of likely N-dealkylation sites (N-methyl/N-ethyl adjacent to an activating group) is 1. The van der Waals surface area contributed by atoms with Gasteiger partial charge in [0.15, 0.2) is 0 Å². The molecule has 0 aromatic heterocycles. The summed E-state index contributed by atoms with van der Waals surface area (Å²) in [6.07, 6.45) is 16.2. The van der Waals surface area contributed by atoms with Crippen LogP contribution in [0.3, 0.4) is 0 Å². The topological polar surface area (TPSA) is 42.9 Å². The number of halogens is 1. The first-order valence-electron chi connectivity index (χ1n) is 12.2. The van der Waals surface area contributed by atoms with Gasteiger partial charge in [-0.3, -0.25) is 4.99 Å². The second-order valence-corrected chi connectivity index (χ2v) is 9.30. The highest BCUT2D eigenvalue weighted by Crippen LogP contribution is 2.24. The Morgan fingerprint density at radius 1 is 1.14 bits per heavy atom. The van der Waals surface area contributed by atoms with Crippen molar-refractivity contribution in [1.29, 1.82) is 0 Å². The van der Waals surface area contributed by atoms with E-state index in [0.717, 1.165) is 54.9 Å². The van der Waals surface area contributed by atoms with Crippen LogP contribution in [0.1, 0.15) is 46.5 Å². The van der Waals surface area contributed by atoms with Crippen LogP contribution in [0, 0.1) is 0 Å². The van der Waals surface area contributed by atoms with Crippen LogP contribution in [0.4, 0.5) is 0 Å². The number of allylic oxidation sites excluding steroid dienone is 9. The summed E-state index contributed by atoms with van der Waals surface area (Å²) in [6, 6.07) is 0. The van der Waals surface area contributed by atoms with Crippen molar-refractivity contribution in [2.45, 2.75) is 46.5 Å². The Morgan fingerprint density at radius 2 is 1.72 bits per heavy atom. The average Bonchev–Trinajstić information content (AvgIpc) is 3.00. The highest BCUT2D eigenvalue weighted by Gasteiger charge is 2.09. The van der Waals surface area contributed by atoms with Crippen molar-refractivity contribution in [2.75, 3.05) is 41.8 Å². The van der Waals surface area contributed by atoms with Crippen LogP contribution in [0.5, 0.6) is 0 Å². The molecule has 0 saturated heterocycles. The molecule has 0 amide bonds. The molecule has 202 valence electrons. The van der Waals surface area contributed by atoms with Crippen LogP contribution in [0.25, 0.3) is 0 Å². The second kappa shape index (κ2) is 21.5. The Kier molecular flexibility index (Phi) is 21.2. The van der Waals surface area contributed by atoms with Gasteiger partial charge in [-0.05, 0) is 90.4 Å². The van der Waals surface area contributed by atoms with E-state index >= 15 is 0 Å². The highest BCUT2D eigenvalue weighted by molar-refractivity contribution is 6.14. The first kappa shape index (κ1) is 35.4. The van der Waals surface area contributed by atoms with Gasteiger partial charge >= 0.3 is 0 Å². The minimum Gasteiger partial charge on any atom is -0.385 e. The molecule has 2 N–H and O–H groups in total. The molecule has 0 aromatic carbocycles. The zero-order chi connectivity index (χ0) is 28.1. The van der Waals surface area contributed by atoms with Crippen molar-refractivity contribution >= 4 is 18.0 Å². The van der Waals surface area contributed by atoms with Crippen molar-refractivity contribution in [3.63, 3.8) is 0 Å². The minimum atomic E-state index is 0.760. The van der Waals surface area contributed by atoms with Crippen LogP contribution in [-0.2, 0) is 0 Å². The standard InChI is InChI=1S/C24H35N3.C3H6ClN.C3H9N/c1-8-11-23-13-10-12-22(18-24(23)27(6)7)16-17-26-21(5)19(3)14-15-20(4)25-9-2;1-3(2)5-4;1-4(2)3/h8-10,12,15,18,26H,1,3,5,11,13-14,16-17H2,2,4,6-7H3;5H,1H2,2H3;1-3H3/b20-15-,25-9?;;. The summed E-state index contributed by atoms with van der Waals surface area (Å²) in [5, 5.41) is 3.40. The van der Waals surface area contributed by atoms with Gasteiger partial charge in [0.25, 0.3) is 0 Å². The third-order valence-electron chi connectivity index (χ3n) is 4.57. The van der Waals surface area contributed by atoms with Gasteiger partial charge in [0, 0.05) is 61.4 Å². The quantitative estimate of drug-likeness (QED) is 0.125. The minimum absolute atomic E-state index is 0.760. The van der Waals surface area contributed by atoms with Gasteiger partial charge in [0.2, 0.25) is 0 Å². The Balaban J connectivity index is 0. The molecule has 0 bridgehead atoms. The molecule has 0 heterocycles. The van der Waals surface area contributed by atoms with Gasteiger partial charge in [0.05, 0.1) is 0 Å². The molecule has 0 fully saturated rings. The largest absolute Gasteiger partial charge is 0.385 e.